The lowest BCUT2D eigenvalue weighted by atomic mass is 10.1. The van der Waals surface area contributed by atoms with Gasteiger partial charge in [-0.1, -0.05) is 12.1 Å². The second-order valence-corrected chi connectivity index (χ2v) is 4.35. The first-order valence-electron chi connectivity index (χ1n) is 6.05. The molecule has 0 unspecified atom stereocenters. The first-order chi connectivity index (χ1) is 9.99. The standard InChI is InChI=1S/C13H10F3N5/c1-17-12-19-10(9-6-18-21-11(9)20-12)7-2-4-8(5-3-7)13(14,15)16/h2-6H,1H3,(H2,17,18,19,20,21). The molecule has 2 heterocycles. The van der Waals surface area contributed by atoms with Crippen molar-refractivity contribution < 1.29 is 13.2 Å². The molecule has 8 heteroatoms. The minimum absolute atomic E-state index is 0.363. The number of H-pyrrole nitrogens is 1. The van der Waals surface area contributed by atoms with Gasteiger partial charge in [0, 0.05) is 12.6 Å². The summed E-state index contributed by atoms with van der Waals surface area (Å²) >= 11 is 0. The van der Waals surface area contributed by atoms with Gasteiger partial charge in [0.25, 0.3) is 0 Å². The SMILES string of the molecule is CNc1nc(-c2ccc(C(F)(F)F)cc2)c2cn[nH]c2n1. The fourth-order valence-electron chi connectivity index (χ4n) is 1.98. The summed E-state index contributed by atoms with van der Waals surface area (Å²) in [5.41, 5.74) is 0.905. The van der Waals surface area contributed by atoms with Crippen molar-refractivity contribution in [2.24, 2.45) is 0 Å². The van der Waals surface area contributed by atoms with Crippen LogP contribution in [0.3, 0.4) is 0 Å². The maximum atomic E-state index is 12.6. The van der Waals surface area contributed by atoms with Crippen molar-refractivity contribution >= 4 is 17.0 Å². The molecule has 0 fully saturated rings. The number of halogens is 3. The molecular formula is C13H10F3N5. The van der Waals surface area contributed by atoms with E-state index >= 15 is 0 Å². The number of fused-ring (bicyclic) bond motifs is 1. The predicted octanol–water partition coefficient (Wildman–Crippen LogP) is 3.08. The number of aromatic amines is 1. The summed E-state index contributed by atoms with van der Waals surface area (Å²) < 4.78 is 37.8. The molecular weight excluding hydrogens is 283 g/mol. The van der Waals surface area contributed by atoms with E-state index in [0.29, 0.717) is 28.2 Å². The Balaban J connectivity index is 2.13. The molecule has 1 aromatic carbocycles. The number of benzene rings is 1. The molecule has 0 radical (unpaired) electrons. The van der Waals surface area contributed by atoms with Gasteiger partial charge < -0.3 is 5.32 Å². The van der Waals surface area contributed by atoms with Gasteiger partial charge in [0.2, 0.25) is 5.95 Å². The van der Waals surface area contributed by atoms with Gasteiger partial charge in [0.1, 0.15) is 0 Å². The smallest absolute Gasteiger partial charge is 0.357 e. The molecule has 0 atom stereocenters. The normalized spacial score (nSPS) is 11.8. The minimum atomic E-state index is -4.36. The van der Waals surface area contributed by atoms with Crippen molar-refractivity contribution in [3.05, 3.63) is 36.0 Å². The van der Waals surface area contributed by atoms with Gasteiger partial charge in [-0.05, 0) is 12.1 Å². The predicted molar refractivity (Wildman–Crippen MR) is 71.7 cm³/mol. The van der Waals surface area contributed by atoms with Crippen LogP contribution >= 0.6 is 0 Å². The Labute approximate surface area is 117 Å². The van der Waals surface area contributed by atoms with Gasteiger partial charge in [-0.25, -0.2) is 4.98 Å². The number of rotatable bonds is 2. The number of hydrogen-bond acceptors (Lipinski definition) is 4. The maximum Gasteiger partial charge on any atom is 0.416 e. The van der Waals surface area contributed by atoms with Gasteiger partial charge in [0.05, 0.1) is 22.8 Å². The van der Waals surface area contributed by atoms with Crippen molar-refractivity contribution in [2.75, 3.05) is 12.4 Å². The van der Waals surface area contributed by atoms with E-state index in [0.717, 1.165) is 12.1 Å². The van der Waals surface area contributed by atoms with Gasteiger partial charge in [-0.15, -0.1) is 0 Å². The summed E-state index contributed by atoms with van der Waals surface area (Å²) in [5.74, 6) is 0.363. The summed E-state index contributed by atoms with van der Waals surface area (Å²) in [6.07, 6.45) is -2.81. The number of aromatic nitrogens is 4. The molecule has 0 saturated heterocycles. The first-order valence-corrected chi connectivity index (χ1v) is 6.05. The van der Waals surface area contributed by atoms with Crippen molar-refractivity contribution in [1.82, 2.24) is 20.2 Å². The zero-order chi connectivity index (χ0) is 15.0. The number of nitrogens with zero attached hydrogens (tertiary/aromatic N) is 3. The molecule has 0 aliphatic rings. The van der Waals surface area contributed by atoms with E-state index in [-0.39, 0.29) is 0 Å². The molecule has 0 aliphatic carbocycles. The van der Waals surface area contributed by atoms with Crippen LogP contribution in [-0.4, -0.2) is 27.2 Å². The van der Waals surface area contributed by atoms with Crippen LogP contribution in [0.1, 0.15) is 5.56 Å². The third-order valence-corrected chi connectivity index (χ3v) is 3.02. The van der Waals surface area contributed by atoms with Gasteiger partial charge in [-0.3, -0.25) is 5.10 Å². The molecule has 0 amide bonds. The molecule has 0 bridgehead atoms. The van der Waals surface area contributed by atoms with Crippen LogP contribution in [0.5, 0.6) is 0 Å². The number of anilines is 1. The van der Waals surface area contributed by atoms with Crippen molar-refractivity contribution in [3.8, 4) is 11.3 Å². The topological polar surface area (TPSA) is 66.5 Å². The Morgan fingerprint density at radius 1 is 1.10 bits per heavy atom. The van der Waals surface area contributed by atoms with E-state index in [1.165, 1.54) is 12.1 Å². The van der Waals surface area contributed by atoms with Crippen molar-refractivity contribution in [2.45, 2.75) is 6.18 Å². The van der Waals surface area contributed by atoms with E-state index in [4.69, 9.17) is 0 Å². The van der Waals surface area contributed by atoms with Crippen LogP contribution < -0.4 is 5.32 Å². The fourth-order valence-corrected chi connectivity index (χ4v) is 1.98. The Hall–Kier alpha value is -2.64. The monoisotopic (exact) mass is 293 g/mol. The summed E-state index contributed by atoms with van der Waals surface area (Å²) in [7, 11) is 1.66. The summed E-state index contributed by atoms with van der Waals surface area (Å²) in [6, 6.07) is 4.83. The molecule has 0 saturated carbocycles. The highest BCUT2D eigenvalue weighted by Crippen LogP contribution is 2.32. The molecule has 108 valence electrons. The van der Waals surface area contributed by atoms with Gasteiger partial charge in [0.15, 0.2) is 5.65 Å². The van der Waals surface area contributed by atoms with Crippen LogP contribution in [0.4, 0.5) is 19.1 Å². The average Bonchev–Trinajstić information content (AvgIpc) is 2.93. The van der Waals surface area contributed by atoms with E-state index in [9.17, 15) is 13.2 Å². The summed E-state index contributed by atoms with van der Waals surface area (Å²) in [5, 5.41) is 10.1. The van der Waals surface area contributed by atoms with Crippen LogP contribution in [0, 0.1) is 0 Å². The van der Waals surface area contributed by atoms with E-state index < -0.39 is 11.7 Å². The molecule has 21 heavy (non-hydrogen) atoms. The number of hydrogen-bond donors (Lipinski definition) is 2. The lowest BCUT2D eigenvalue weighted by molar-refractivity contribution is -0.137. The Morgan fingerprint density at radius 2 is 1.81 bits per heavy atom. The number of nitrogens with one attached hydrogen (secondary N) is 2. The second kappa shape index (κ2) is 4.72. The van der Waals surface area contributed by atoms with E-state index in [1.54, 1.807) is 13.2 Å². The minimum Gasteiger partial charge on any atom is -0.357 e. The van der Waals surface area contributed by atoms with Crippen LogP contribution in [-0.2, 0) is 6.18 Å². The quantitative estimate of drug-likeness (QED) is 0.762. The highest BCUT2D eigenvalue weighted by atomic mass is 19.4. The molecule has 2 N–H and O–H groups in total. The average molecular weight is 293 g/mol. The third kappa shape index (κ3) is 2.39. The Bertz CT molecular complexity index is 777. The lowest BCUT2D eigenvalue weighted by Crippen LogP contribution is -2.04. The summed E-state index contributed by atoms with van der Waals surface area (Å²) in [4.78, 5) is 8.47. The Kier molecular flexibility index (Phi) is 3.00. The Morgan fingerprint density at radius 3 is 2.43 bits per heavy atom. The zero-order valence-corrected chi connectivity index (χ0v) is 10.9. The molecule has 3 rings (SSSR count). The highest BCUT2D eigenvalue weighted by molar-refractivity contribution is 5.90. The lowest BCUT2D eigenvalue weighted by Gasteiger charge is -2.08. The molecule has 0 aliphatic heterocycles. The largest absolute Gasteiger partial charge is 0.416 e. The van der Waals surface area contributed by atoms with Crippen molar-refractivity contribution in [1.29, 1.82) is 0 Å². The van der Waals surface area contributed by atoms with Gasteiger partial charge in [-0.2, -0.15) is 23.3 Å². The zero-order valence-electron chi connectivity index (χ0n) is 10.9. The third-order valence-electron chi connectivity index (χ3n) is 3.02. The second-order valence-electron chi connectivity index (χ2n) is 4.35. The summed E-state index contributed by atoms with van der Waals surface area (Å²) in [6.45, 7) is 0. The first kappa shape index (κ1) is 13.3. The van der Waals surface area contributed by atoms with E-state index in [2.05, 4.69) is 25.5 Å². The highest BCUT2D eigenvalue weighted by Gasteiger charge is 2.30. The molecule has 3 aromatic rings. The molecule has 0 spiro atoms. The number of alkyl halides is 3. The van der Waals surface area contributed by atoms with Gasteiger partial charge >= 0.3 is 6.18 Å². The molecule has 2 aromatic heterocycles. The van der Waals surface area contributed by atoms with Crippen LogP contribution in [0.2, 0.25) is 0 Å². The maximum absolute atomic E-state index is 12.6. The van der Waals surface area contributed by atoms with Crippen LogP contribution in [0.25, 0.3) is 22.3 Å². The van der Waals surface area contributed by atoms with Crippen molar-refractivity contribution in [3.63, 3.8) is 0 Å². The fraction of sp³-hybridized carbons (Fsp3) is 0.154. The molecule has 5 nitrogen and oxygen atoms in total. The van der Waals surface area contributed by atoms with E-state index in [1.807, 2.05) is 0 Å². The van der Waals surface area contributed by atoms with Crippen LogP contribution in [0.15, 0.2) is 30.5 Å².